The summed E-state index contributed by atoms with van der Waals surface area (Å²) >= 11 is 3.93. The second-order valence-electron chi connectivity index (χ2n) is 5.57. The Hall–Kier alpha value is -0.870. The van der Waals surface area contributed by atoms with Crippen molar-refractivity contribution in [2.45, 2.75) is 51.9 Å². The minimum atomic E-state index is -0.276. The zero-order chi connectivity index (χ0) is 14.5. The molecule has 0 fully saturated rings. The predicted octanol–water partition coefficient (Wildman–Crippen LogP) is 3.12. The fraction of sp³-hybridized carbons (Fsp3) is 0.600. The number of carbonyl (C=O) groups excluding carboxylic acids is 1. The van der Waals surface area contributed by atoms with Crippen molar-refractivity contribution >= 4 is 17.7 Å². The van der Waals surface area contributed by atoms with E-state index in [-0.39, 0.29) is 10.5 Å². The molecule has 0 amide bonds. The van der Waals surface area contributed by atoms with E-state index in [1.165, 1.54) is 5.56 Å². The van der Waals surface area contributed by atoms with Gasteiger partial charge in [0.25, 0.3) is 0 Å². The van der Waals surface area contributed by atoms with Gasteiger partial charge < -0.3 is 5.73 Å². The van der Waals surface area contributed by atoms with E-state index in [9.17, 15) is 4.79 Å². The van der Waals surface area contributed by atoms with Crippen LogP contribution in [0.5, 0.6) is 0 Å². The summed E-state index contributed by atoms with van der Waals surface area (Å²) in [5.41, 5.74) is 8.12. The van der Waals surface area contributed by atoms with Gasteiger partial charge in [-0.25, -0.2) is 0 Å². The number of nitrogens with two attached hydrogens (primary N) is 1. The van der Waals surface area contributed by atoms with Crippen molar-refractivity contribution in [3.8, 4) is 0 Å². The molecule has 0 aliphatic heterocycles. The summed E-state index contributed by atoms with van der Waals surface area (Å²) in [5.74, 6) is 0. The van der Waals surface area contributed by atoms with Crippen molar-refractivity contribution in [2.24, 2.45) is 5.73 Å². The lowest BCUT2D eigenvalue weighted by molar-refractivity contribution is 0.108. The molecule has 1 aromatic heterocycles. The molecule has 0 spiro atoms. The predicted molar refractivity (Wildman–Crippen MR) is 82.9 cm³/mol. The molecule has 0 atom stereocenters. The molecule has 1 heterocycles. The molecule has 2 N–H and O–H groups in total. The van der Waals surface area contributed by atoms with Gasteiger partial charge in [0.15, 0.2) is 0 Å². The highest BCUT2D eigenvalue weighted by Crippen LogP contribution is 2.30. The molecule has 0 saturated heterocycles. The highest BCUT2D eigenvalue weighted by Gasteiger charge is 2.26. The van der Waals surface area contributed by atoms with E-state index >= 15 is 0 Å². The Morgan fingerprint density at radius 3 is 2.68 bits per heavy atom. The van der Waals surface area contributed by atoms with Crippen LogP contribution in [0.15, 0.2) is 12.3 Å². The third kappa shape index (κ3) is 4.32. The molecule has 0 saturated carbocycles. The van der Waals surface area contributed by atoms with Crippen LogP contribution in [-0.2, 0) is 11.8 Å². The number of carbonyl (C=O) groups is 1. The Balaban J connectivity index is 3.18. The lowest BCUT2D eigenvalue weighted by Gasteiger charge is -2.26. The SMILES string of the molecule is CCCCc1cnc(C(=O)S)c(C(C)(C)CCN)c1. The molecule has 0 aliphatic carbocycles. The summed E-state index contributed by atoms with van der Waals surface area (Å²) in [4.78, 5) is 15.9. The third-order valence-corrected chi connectivity index (χ3v) is 3.68. The quantitative estimate of drug-likeness (QED) is 0.755. The summed E-state index contributed by atoms with van der Waals surface area (Å²) in [6.45, 7) is 6.95. The largest absolute Gasteiger partial charge is 0.330 e. The van der Waals surface area contributed by atoms with Crippen molar-refractivity contribution in [3.05, 3.63) is 29.1 Å². The normalized spacial score (nSPS) is 11.6. The van der Waals surface area contributed by atoms with Gasteiger partial charge >= 0.3 is 0 Å². The lowest BCUT2D eigenvalue weighted by atomic mass is 9.80. The highest BCUT2D eigenvalue weighted by atomic mass is 32.1. The third-order valence-electron chi connectivity index (χ3n) is 3.46. The topological polar surface area (TPSA) is 56.0 Å². The molecule has 1 aromatic rings. The van der Waals surface area contributed by atoms with Crippen LogP contribution in [0.1, 0.15) is 61.6 Å². The van der Waals surface area contributed by atoms with E-state index < -0.39 is 0 Å². The monoisotopic (exact) mass is 280 g/mol. The molecule has 19 heavy (non-hydrogen) atoms. The number of aryl methyl sites for hydroxylation is 1. The second-order valence-corrected chi connectivity index (χ2v) is 5.98. The molecule has 0 bridgehead atoms. The van der Waals surface area contributed by atoms with Crippen LogP contribution >= 0.6 is 12.6 Å². The number of hydrogen-bond acceptors (Lipinski definition) is 3. The fourth-order valence-corrected chi connectivity index (χ4v) is 2.39. The molecular formula is C15H24N2OS. The van der Waals surface area contributed by atoms with Gasteiger partial charge in [-0.1, -0.05) is 45.9 Å². The molecule has 4 heteroatoms. The van der Waals surface area contributed by atoms with Crippen LogP contribution < -0.4 is 5.73 Å². The van der Waals surface area contributed by atoms with Crippen LogP contribution in [0.4, 0.5) is 0 Å². The first kappa shape index (κ1) is 16.2. The van der Waals surface area contributed by atoms with Crippen molar-refractivity contribution in [3.63, 3.8) is 0 Å². The maximum atomic E-state index is 11.6. The average Bonchev–Trinajstić information content (AvgIpc) is 2.35. The Morgan fingerprint density at radius 1 is 1.47 bits per heavy atom. The average molecular weight is 280 g/mol. The second kappa shape index (κ2) is 7.06. The Morgan fingerprint density at radius 2 is 2.16 bits per heavy atom. The number of rotatable bonds is 7. The number of pyridine rings is 1. The van der Waals surface area contributed by atoms with E-state index in [0.29, 0.717) is 12.2 Å². The van der Waals surface area contributed by atoms with E-state index in [0.717, 1.165) is 31.2 Å². The van der Waals surface area contributed by atoms with E-state index in [1.54, 1.807) is 6.20 Å². The first-order valence-electron chi connectivity index (χ1n) is 6.85. The summed E-state index contributed by atoms with van der Waals surface area (Å²) in [6, 6.07) is 2.10. The fourth-order valence-electron chi connectivity index (χ4n) is 2.21. The Labute approximate surface area is 121 Å². The van der Waals surface area contributed by atoms with Crippen LogP contribution in [-0.4, -0.2) is 16.6 Å². The molecule has 106 valence electrons. The van der Waals surface area contributed by atoms with Gasteiger partial charge in [0.2, 0.25) is 5.12 Å². The first-order chi connectivity index (χ1) is 8.92. The maximum Gasteiger partial charge on any atom is 0.234 e. The van der Waals surface area contributed by atoms with Crippen molar-refractivity contribution in [1.82, 2.24) is 4.98 Å². The summed E-state index contributed by atoms with van der Waals surface area (Å²) in [6.07, 6.45) is 5.89. The van der Waals surface area contributed by atoms with E-state index in [1.807, 2.05) is 0 Å². The van der Waals surface area contributed by atoms with Crippen LogP contribution in [0.2, 0.25) is 0 Å². The van der Waals surface area contributed by atoms with Gasteiger partial charge in [-0.15, -0.1) is 0 Å². The number of hydrogen-bond donors (Lipinski definition) is 2. The molecule has 0 radical (unpaired) electrons. The Bertz CT molecular complexity index is 444. The smallest absolute Gasteiger partial charge is 0.234 e. The van der Waals surface area contributed by atoms with Gasteiger partial charge in [0.1, 0.15) is 5.69 Å². The highest BCUT2D eigenvalue weighted by molar-refractivity contribution is 7.97. The first-order valence-corrected chi connectivity index (χ1v) is 7.30. The minimum Gasteiger partial charge on any atom is -0.330 e. The zero-order valence-corrected chi connectivity index (χ0v) is 13.0. The van der Waals surface area contributed by atoms with Crippen LogP contribution in [0.3, 0.4) is 0 Å². The van der Waals surface area contributed by atoms with Crippen molar-refractivity contribution in [2.75, 3.05) is 6.54 Å². The number of aromatic nitrogens is 1. The summed E-state index contributed by atoms with van der Waals surface area (Å²) < 4.78 is 0. The van der Waals surface area contributed by atoms with Crippen LogP contribution in [0, 0.1) is 0 Å². The molecule has 0 aliphatic rings. The zero-order valence-electron chi connectivity index (χ0n) is 12.1. The number of thiol groups is 1. The number of nitrogens with zero attached hydrogens (tertiary/aromatic N) is 1. The minimum absolute atomic E-state index is 0.155. The number of unbranched alkanes of at least 4 members (excludes halogenated alkanes) is 1. The Kier molecular flexibility index (Phi) is 6.01. The standard InChI is InChI=1S/C15H24N2OS/c1-4-5-6-11-9-12(15(2,3)7-8-16)13(14(18)19)17-10-11/h9-10H,4-8,16H2,1-3H3,(H,18,19). The van der Waals surface area contributed by atoms with Gasteiger partial charge in [-0.05, 0) is 42.3 Å². The van der Waals surface area contributed by atoms with Gasteiger partial charge in [0, 0.05) is 6.20 Å². The van der Waals surface area contributed by atoms with E-state index in [2.05, 4.69) is 44.5 Å². The molecule has 1 rings (SSSR count). The van der Waals surface area contributed by atoms with Crippen molar-refractivity contribution in [1.29, 1.82) is 0 Å². The van der Waals surface area contributed by atoms with Gasteiger partial charge in [-0.3, -0.25) is 9.78 Å². The van der Waals surface area contributed by atoms with Gasteiger partial charge in [-0.2, -0.15) is 0 Å². The molecular weight excluding hydrogens is 256 g/mol. The van der Waals surface area contributed by atoms with Crippen LogP contribution in [0.25, 0.3) is 0 Å². The molecule has 3 nitrogen and oxygen atoms in total. The summed E-state index contributed by atoms with van der Waals surface area (Å²) in [5, 5.41) is -0.276. The summed E-state index contributed by atoms with van der Waals surface area (Å²) in [7, 11) is 0. The molecule has 0 unspecified atom stereocenters. The van der Waals surface area contributed by atoms with Crippen molar-refractivity contribution < 1.29 is 4.79 Å². The van der Waals surface area contributed by atoms with Gasteiger partial charge in [0.05, 0.1) is 0 Å². The molecule has 0 aromatic carbocycles. The maximum absolute atomic E-state index is 11.6. The lowest BCUT2D eigenvalue weighted by Crippen LogP contribution is -2.25. The van der Waals surface area contributed by atoms with E-state index in [4.69, 9.17) is 5.73 Å².